The van der Waals surface area contributed by atoms with Crippen LogP contribution in [0.15, 0.2) is 56.6 Å². The summed E-state index contributed by atoms with van der Waals surface area (Å²) in [4.78, 5) is 22.2. The Morgan fingerprint density at radius 1 is 1.44 bits per heavy atom. The Bertz CT molecular complexity index is 1030. The van der Waals surface area contributed by atoms with E-state index in [-0.39, 0.29) is 22.6 Å². The van der Waals surface area contributed by atoms with Crippen LogP contribution in [0.4, 0.5) is 10.2 Å². The van der Waals surface area contributed by atoms with Gasteiger partial charge in [0.05, 0.1) is 17.5 Å². The van der Waals surface area contributed by atoms with Gasteiger partial charge in [-0.15, -0.1) is 0 Å². The lowest BCUT2D eigenvalue weighted by atomic mass is 10.2. The number of rotatable bonds is 6. The molecule has 1 aromatic carbocycles. The first-order valence-electron chi connectivity index (χ1n) is 7.47. The van der Waals surface area contributed by atoms with E-state index in [0.717, 1.165) is 0 Å². The van der Waals surface area contributed by atoms with Gasteiger partial charge < -0.3 is 14.5 Å². The van der Waals surface area contributed by atoms with Gasteiger partial charge in [0, 0.05) is 0 Å². The molecule has 0 fully saturated rings. The topological polar surface area (TPSA) is 116 Å². The molecule has 9 nitrogen and oxygen atoms in total. The fourth-order valence-corrected chi connectivity index (χ4v) is 2.60. The van der Waals surface area contributed by atoms with Crippen LogP contribution in [0.3, 0.4) is 0 Å². The number of aromatic nitrogens is 2. The fraction of sp³-hybridized carbons (Fsp3) is 0.0625. The molecule has 0 bridgehead atoms. The summed E-state index contributed by atoms with van der Waals surface area (Å²) in [7, 11) is 0. The standard InChI is InChI=1S/C16H11BrFN5O4/c17-13-9-22(21-15(13)23(25)26)8-12-4-5-14(27-12)16(24)20-19-7-10-2-1-3-11(18)6-10/h1-7,9H,8H2,(H,20,24)/b19-7+. The van der Waals surface area contributed by atoms with Crippen molar-refractivity contribution in [2.75, 3.05) is 0 Å². The molecule has 2 aromatic heterocycles. The van der Waals surface area contributed by atoms with E-state index in [4.69, 9.17) is 4.42 Å². The predicted octanol–water partition coefficient (Wildman–Crippen LogP) is 3.10. The SMILES string of the molecule is O=C(N/N=C/c1cccc(F)c1)c1ccc(Cn2cc(Br)c([N+](=O)[O-])n2)o1. The summed E-state index contributed by atoms with van der Waals surface area (Å²) in [5.41, 5.74) is 2.75. The average molecular weight is 436 g/mol. The maximum absolute atomic E-state index is 13.1. The van der Waals surface area contributed by atoms with E-state index >= 15 is 0 Å². The number of amides is 1. The summed E-state index contributed by atoms with van der Waals surface area (Å²) in [6, 6.07) is 8.71. The number of hydrogen-bond donors (Lipinski definition) is 1. The van der Waals surface area contributed by atoms with Gasteiger partial charge in [-0.2, -0.15) is 9.78 Å². The summed E-state index contributed by atoms with van der Waals surface area (Å²) in [6.45, 7) is 0.103. The minimum absolute atomic E-state index is 0.00196. The van der Waals surface area contributed by atoms with Crippen LogP contribution in [-0.2, 0) is 6.54 Å². The number of furan rings is 1. The minimum atomic E-state index is -0.613. The quantitative estimate of drug-likeness (QED) is 0.362. The molecular weight excluding hydrogens is 425 g/mol. The lowest BCUT2D eigenvalue weighted by Crippen LogP contribution is -2.16. The van der Waals surface area contributed by atoms with Crippen molar-refractivity contribution in [1.82, 2.24) is 15.2 Å². The van der Waals surface area contributed by atoms with Gasteiger partial charge in [0.2, 0.25) is 0 Å². The van der Waals surface area contributed by atoms with E-state index in [0.29, 0.717) is 11.3 Å². The molecule has 2 heterocycles. The van der Waals surface area contributed by atoms with E-state index < -0.39 is 16.6 Å². The Morgan fingerprint density at radius 3 is 2.96 bits per heavy atom. The van der Waals surface area contributed by atoms with Gasteiger partial charge in [0.25, 0.3) is 0 Å². The summed E-state index contributed by atoms with van der Waals surface area (Å²) in [6.07, 6.45) is 2.73. The van der Waals surface area contributed by atoms with Crippen molar-refractivity contribution in [3.63, 3.8) is 0 Å². The number of hydrazone groups is 1. The van der Waals surface area contributed by atoms with Crippen molar-refractivity contribution in [2.24, 2.45) is 5.10 Å². The van der Waals surface area contributed by atoms with Crippen LogP contribution >= 0.6 is 15.9 Å². The van der Waals surface area contributed by atoms with Gasteiger partial charge in [-0.25, -0.2) is 9.82 Å². The molecule has 0 spiro atoms. The van der Waals surface area contributed by atoms with Crippen molar-refractivity contribution >= 4 is 33.9 Å². The van der Waals surface area contributed by atoms with Gasteiger partial charge in [-0.05, 0) is 50.7 Å². The Kier molecular flexibility index (Phi) is 5.41. The molecule has 0 aliphatic rings. The highest BCUT2D eigenvalue weighted by molar-refractivity contribution is 9.10. The first-order chi connectivity index (χ1) is 12.9. The smallest absolute Gasteiger partial charge is 0.404 e. The second-order valence-corrected chi connectivity index (χ2v) is 6.13. The van der Waals surface area contributed by atoms with Crippen LogP contribution in [0, 0.1) is 15.9 Å². The molecule has 3 aromatic rings. The summed E-state index contributed by atoms with van der Waals surface area (Å²) in [5.74, 6) is -0.944. The first kappa shape index (κ1) is 18.5. The zero-order valence-corrected chi connectivity index (χ0v) is 15.1. The third kappa shape index (κ3) is 4.64. The molecule has 0 atom stereocenters. The Labute approximate surface area is 159 Å². The molecule has 0 saturated carbocycles. The number of hydrogen-bond acceptors (Lipinski definition) is 6. The molecule has 11 heteroatoms. The van der Waals surface area contributed by atoms with Gasteiger partial charge in [0.1, 0.15) is 22.6 Å². The van der Waals surface area contributed by atoms with Crippen molar-refractivity contribution < 1.29 is 18.5 Å². The second-order valence-electron chi connectivity index (χ2n) is 5.28. The monoisotopic (exact) mass is 435 g/mol. The van der Waals surface area contributed by atoms with Crippen LogP contribution in [-0.4, -0.2) is 26.8 Å². The molecule has 0 aliphatic heterocycles. The Morgan fingerprint density at radius 2 is 2.26 bits per heavy atom. The highest BCUT2D eigenvalue weighted by atomic mass is 79.9. The van der Waals surface area contributed by atoms with E-state index in [2.05, 4.69) is 31.6 Å². The number of halogens is 2. The maximum Gasteiger partial charge on any atom is 0.404 e. The van der Waals surface area contributed by atoms with Crippen molar-refractivity contribution in [2.45, 2.75) is 6.54 Å². The van der Waals surface area contributed by atoms with Crippen LogP contribution in [0.1, 0.15) is 21.9 Å². The van der Waals surface area contributed by atoms with Crippen molar-refractivity contribution in [1.29, 1.82) is 0 Å². The normalized spacial score (nSPS) is 11.0. The third-order valence-electron chi connectivity index (χ3n) is 3.30. The number of nitrogens with one attached hydrogen (secondary N) is 1. The number of benzene rings is 1. The number of carbonyl (C=O) groups is 1. The van der Waals surface area contributed by atoms with Gasteiger partial charge in [-0.1, -0.05) is 12.1 Å². The zero-order chi connectivity index (χ0) is 19.4. The molecule has 3 rings (SSSR count). The number of carbonyl (C=O) groups excluding carboxylic acids is 1. The van der Waals surface area contributed by atoms with Crippen LogP contribution in [0.2, 0.25) is 0 Å². The molecular formula is C16H11BrFN5O4. The van der Waals surface area contributed by atoms with Crippen molar-refractivity contribution in [3.8, 4) is 0 Å². The van der Waals surface area contributed by atoms with Crippen LogP contribution < -0.4 is 5.43 Å². The molecule has 0 saturated heterocycles. The largest absolute Gasteiger partial charge is 0.454 e. The molecule has 138 valence electrons. The highest BCUT2D eigenvalue weighted by Crippen LogP contribution is 2.22. The Balaban J connectivity index is 1.62. The lowest BCUT2D eigenvalue weighted by molar-refractivity contribution is -0.390. The summed E-state index contributed by atoms with van der Waals surface area (Å²) >= 11 is 3.05. The van der Waals surface area contributed by atoms with E-state index in [1.165, 1.54) is 41.4 Å². The van der Waals surface area contributed by atoms with Crippen LogP contribution in [0.25, 0.3) is 0 Å². The third-order valence-corrected chi connectivity index (χ3v) is 3.86. The molecule has 0 radical (unpaired) electrons. The molecule has 0 unspecified atom stereocenters. The van der Waals surface area contributed by atoms with Crippen molar-refractivity contribution in [3.05, 3.63) is 80.1 Å². The van der Waals surface area contributed by atoms with E-state index in [9.17, 15) is 19.3 Å². The Hall–Kier alpha value is -3.34. The fourth-order valence-electron chi connectivity index (χ4n) is 2.14. The second kappa shape index (κ2) is 7.91. The van der Waals surface area contributed by atoms with Crippen LogP contribution in [0.5, 0.6) is 0 Å². The van der Waals surface area contributed by atoms with Gasteiger partial charge >= 0.3 is 11.7 Å². The zero-order valence-electron chi connectivity index (χ0n) is 13.5. The average Bonchev–Trinajstić information content (AvgIpc) is 3.22. The predicted molar refractivity (Wildman–Crippen MR) is 95.9 cm³/mol. The lowest BCUT2D eigenvalue weighted by Gasteiger charge is -1.97. The maximum atomic E-state index is 13.1. The molecule has 1 amide bonds. The molecule has 1 N–H and O–H groups in total. The number of nitrogens with zero attached hydrogens (tertiary/aromatic N) is 4. The van der Waals surface area contributed by atoms with E-state index in [1.807, 2.05) is 0 Å². The minimum Gasteiger partial charge on any atom is -0.454 e. The highest BCUT2D eigenvalue weighted by Gasteiger charge is 2.19. The van der Waals surface area contributed by atoms with Gasteiger partial charge in [-0.3, -0.25) is 4.79 Å². The molecule has 27 heavy (non-hydrogen) atoms. The first-order valence-corrected chi connectivity index (χ1v) is 8.26. The number of nitro groups is 1. The van der Waals surface area contributed by atoms with E-state index in [1.54, 1.807) is 12.1 Å². The summed E-state index contributed by atoms with van der Waals surface area (Å²) < 4.78 is 20.0. The van der Waals surface area contributed by atoms with Gasteiger partial charge in [0.15, 0.2) is 5.76 Å². The molecule has 0 aliphatic carbocycles. The summed E-state index contributed by atoms with van der Waals surface area (Å²) in [5, 5.41) is 18.3.